The van der Waals surface area contributed by atoms with Crippen LogP contribution < -0.4 is 14.8 Å². The maximum Gasteiger partial charge on any atom is 0.239 e. The van der Waals surface area contributed by atoms with Crippen molar-refractivity contribution in [3.05, 3.63) is 23.8 Å². The van der Waals surface area contributed by atoms with Crippen LogP contribution >= 0.6 is 11.8 Å². The molecular formula is C14H18N2O4S. The van der Waals surface area contributed by atoms with E-state index in [1.807, 2.05) is 12.1 Å². The first-order valence-electron chi connectivity index (χ1n) is 6.44. The monoisotopic (exact) mass is 310 g/mol. The molecule has 0 spiro atoms. The standard InChI is InChI=1S/C14H18N2O4S/c1-15-12(17)7-16-13(18)8-21-14(16)9-4-5-10(19-2)11(6-9)20-3/h4-6,14H,7-8H2,1-3H3,(H,15,17)/t14-/m1/s1. The van der Waals surface area contributed by atoms with Crippen LogP contribution in [-0.4, -0.2) is 50.3 Å². The summed E-state index contributed by atoms with van der Waals surface area (Å²) in [5, 5.41) is 2.35. The second-order valence-electron chi connectivity index (χ2n) is 4.47. The highest BCUT2D eigenvalue weighted by molar-refractivity contribution is 8.00. The number of likely N-dealkylation sites (N-methyl/N-ethyl adjacent to an activating group) is 1. The topological polar surface area (TPSA) is 67.9 Å². The van der Waals surface area contributed by atoms with E-state index in [0.717, 1.165) is 5.56 Å². The molecule has 1 atom stereocenters. The van der Waals surface area contributed by atoms with Crippen molar-refractivity contribution >= 4 is 23.6 Å². The van der Waals surface area contributed by atoms with Gasteiger partial charge in [0.25, 0.3) is 0 Å². The van der Waals surface area contributed by atoms with Gasteiger partial charge in [-0.25, -0.2) is 0 Å². The van der Waals surface area contributed by atoms with Crippen molar-refractivity contribution in [2.45, 2.75) is 5.37 Å². The normalized spacial score (nSPS) is 17.8. The van der Waals surface area contributed by atoms with Crippen LogP contribution in [0.3, 0.4) is 0 Å². The van der Waals surface area contributed by atoms with Crippen molar-refractivity contribution < 1.29 is 19.1 Å². The molecule has 1 fully saturated rings. The average Bonchev–Trinajstić information content (AvgIpc) is 2.87. The van der Waals surface area contributed by atoms with Crippen molar-refractivity contribution in [2.75, 3.05) is 33.6 Å². The Kier molecular flexibility index (Phi) is 4.95. The lowest BCUT2D eigenvalue weighted by atomic mass is 10.1. The molecule has 0 aromatic heterocycles. The maximum absolute atomic E-state index is 12.0. The largest absolute Gasteiger partial charge is 0.493 e. The van der Waals surface area contributed by atoms with Crippen molar-refractivity contribution in [3.8, 4) is 11.5 Å². The molecule has 0 aliphatic carbocycles. The van der Waals surface area contributed by atoms with E-state index in [1.54, 1.807) is 32.2 Å². The zero-order valence-corrected chi connectivity index (χ0v) is 13.0. The molecule has 0 bridgehead atoms. The molecule has 2 rings (SSSR count). The number of carbonyl (C=O) groups excluding carboxylic acids is 2. The van der Waals surface area contributed by atoms with Gasteiger partial charge in [-0.05, 0) is 17.7 Å². The zero-order chi connectivity index (χ0) is 15.4. The number of nitrogens with zero attached hydrogens (tertiary/aromatic N) is 1. The average molecular weight is 310 g/mol. The number of ether oxygens (including phenoxy) is 2. The summed E-state index contributed by atoms with van der Waals surface area (Å²) in [5.41, 5.74) is 0.910. The van der Waals surface area contributed by atoms with E-state index < -0.39 is 0 Å². The number of methoxy groups -OCH3 is 2. The van der Waals surface area contributed by atoms with Crippen molar-refractivity contribution in [1.29, 1.82) is 0 Å². The highest BCUT2D eigenvalue weighted by Crippen LogP contribution is 2.41. The lowest BCUT2D eigenvalue weighted by molar-refractivity contribution is -0.133. The number of thioether (sulfide) groups is 1. The molecule has 0 unspecified atom stereocenters. The predicted octanol–water partition coefficient (Wildman–Crippen LogP) is 1.02. The van der Waals surface area contributed by atoms with Gasteiger partial charge in [0.05, 0.1) is 20.0 Å². The molecule has 1 aliphatic heterocycles. The van der Waals surface area contributed by atoms with Gasteiger partial charge in [-0.2, -0.15) is 0 Å². The second-order valence-corrected chi connectivity index (χ2v) is 5.54. The third kappa shape index (κ3) is 3.24. The summed E-state index contributed by atoms with van der Waals surface area (Å²) in [6.07, 6.45) is 0. The highest BCUT2D eigenvalue weighted by atomic mass is 32.2. The number of benzene rings is 1. The lowest BCUT2D eigenvalue weighted by Crippen LogP contribution is -2.37. The number of hydrogen-bond donors (Lipinski definition) is 1. The molecule has 1 N–H and O–H groups in total. The lowest BCUT2D eigenvalue weighted by Gasteiger charge is -2.24. The van der Waals surface area contributed by atoms with Gasteiger partial charge < -0.3 is 19.7 Å². The van der Waals surface area contributed by atoms with Crippen LogP contribution in [0.5, 0.6) is 11.5 Å². The molecule has 114 valence electrons. The fourth-order valence-electron chi connectivity index (χ4n) is 2.14. The van der Waals surface area contributed by atoms with Gasteiger partial charge in [0.1, 0.15) is 11.9 Å². The van der Waals surface area contributed by atoms with Crippen LogP contribution in [0.15, 0.2) is 18.2 Å². The Morgan fingerprint density at radius 2 is 2.10 bits per heavy atom. The first-order chi connectivity index (χ1) is 10.1. The van der Waals surface area contributed by atoms with Crippen LogP contribution in [0.25, 0.3) is 0 Å². The summed E-state index contributed by atoms with van der Waals surface area (Å²) in [6, 6.07) is 5.52. The van der Waals surface area contributed by atoms with E-state index in [0.29, 0.717) is 17.3 Å². The van der Waals surface area contributed by atoms with Gasteiger partial charge in [0.2, 0.25) is 11.8 Å². The van der Waals surface area contributed by atoms with Gasteiger partial charge in [-0.1, -0.05) is 6.07 Å². The van der Waals surface area contributed by atoms with E-state index in [9.17, 15) is 9.59 Å². The Hall–Kier alpha value is -1.89. The minimum atomic E-state index is -0.186. The van der Waals surface area contributed by atoms with Crippen LogP contribution in [0.1, 0.15) is 10.9 Å². The first-order valence-corrected chi connectivity index (χ1v) is 7.49. The number of carbonyl (C=O) groups is 2. The summed E-state index contributed by atoms with van der Waals surface area (Å²) in [5.74, 6) is 1.39. The van der Waals surface area contributed by atoms with E-state index in [4.69, 9.17) is 9.47 Å². The van der Waals surface area contributed by atoms with Gasteiger partial charge in [-0.15, -0.1) is 11.8 Å². The van der Waals surface area contributed by atoms with Crippen molar-refractivity contribution in [2.24, 2.45) is 0 Å². The molecule has 6 nitrogen and oxygen atoms in total. The summed E-state index contributed by atoms with van der Waals surface area (Å²) < 4.78 is 10.5. The van der Waals surface area contributed by atoms with Gasteiger partial charge in [0, 0.05) is 7.05 Å². The molecule has 1 aliphatic rings. The Bertz CT molecular complexity index is 550. The Morgan fingerprint density at radius 3 is 2.71 bits per heavy atom. The van der Waals surface area contributed by atoms with Crippen LogP contribution in [-0.2, 0) is 9.59 Å². The first kappa shape index (κ1) is 15.5. The predicted molar refractivity (Wildman–Crippen MR) is 80.5 cm³/mol. The van der Waals surface area contributed by atoms with Gasteiger partial charge in [-0.3, -0.25) is 9.59 Å². The molecule has 0 radical (unpaired) electrons. The zero-order valence-electron chi connectivity index (χ0n) is 12.2. The summed E-state index contributed by atoms with van der Waals surface area (Å²) in [7, 11) is 4.70. The summed E-state index contributed by atoms with van der Waals surface area (Å²) >= 11 is 1.50. The van der Waals surface area contributed by atoms with Crippen molar-refractivity contribution in [3.63, 3.8) is 0 Å². The molecule has 7 heteroatoms. The smallest absolute Gasteiger partial charge is 0.239 e. The van der Waals surface area contributed by atoms with Gasteiger partial charge >= 0.3 is 0 Å². The molecule has 1 saturated heterocycles. The molecule has 1 aromatic rings. The number of hydrogen-bond acceptors (Lipinski definition) is 5. The highest BCUT2D eigenvalue weighted by Gasteiger charge is 2.34. The minimum Gasteiger partial charge on any atom is -0.493 e. The SMILES string of the molecule is CNC(=O)CN1C(=O)CS[C@@H]1c1ccc(OC)c(OC)c1. The quantitative estimate of drug-likeness (QED) is 0.879. The third-order valence-electron chi connectivity index (χ3n) is 3.25. The van der Waals surface area contributed by atoms with E-state index in [1.165, 1.54) is 11.8 Å². The fourth-order valence-corrected chi connectivity index (χ4v) is 3.32. The third-order valence-corrected chi connectivity index (χ3v) is 4.51. The van der Waals surface area contributed by atoms with Crippen LogP contribution in [0, 0.1) is 0 Å². The summed E-state index contributed by atoms with van der Waals surface area (Å²) in [6.45, 7) is 0.0569. The Balaban J connectivity index is 2.27. The van der Waals surface area contributed by atoms with Crippen LogP contribution in [0.2, 0.25) is 0 Å². The van der Waals surface area contributed by atoms with Crippen molar-refractivity contribution in [1.82, 2.24) is 10.2 Å². The number of rotatable bonds is 5. The van der Waals surface area contributed by atoms with E-state index >= 15 is 0 Å². The molecular weight excluding hydrogens is 292 g/mol. The fraction of sp³-hybridized carbons (Fsp3) is 0.429. The van der Waals surface area contributed by atoms with Crippen LogP contribution in [0.4, 0.5) is 0 Å². The van der Waals surface area contributed by atoms with Gasteiger partial charge in [0.15, 0.2) is 11.5 Å². The minimum absolute atomic E-state index is 0.0385. The molecule has 1 aromatic carbocycles. The van der Waals surface area contributed by atoms with E-state index in [-0.39, 0.29) is 23.7 Å². The molecule has 0 saturated carbocycles. The second kappa shape index (κ2) is 6.71. The number of amides is 2. The maximum atomic E-state index is 12.0. The molecule has 21 heavy (non-hydrogen) atoms. The number of nitrogens with one attached hydrogen (secondary N) is 1. The Morgan fingerprint density at radius 1 is 1.38 bits per heavy atom. The Labute approximate surface area is 127 Å². The summed E-state index contributed by atoms with van der Waals surface area (Å²) in [4.78, 5) is 25.1. The molecule has 1 heterocycles. The molecule has 2 amide bonds. The van der Waals surface area contributed by atoms with E-state index in [2.05, 4.69) is 5.32 Å².